The second-order valence-corrected chi connectivity index (χ2v) is 14.1. The SMILES string of the molecule is O=C(Sc1nc(-c2ccccc2)[nH]c1[P+](c1ccccc1)(c1ccccc1)c1ccccc1)c1ccco1.[O-][Cl+3]([O-])([O-])[O-]. The largest absolute Gasteiger partial charge is 0.460 e. The van der Waals surface area contributed by atoms with Gasteiger partial charge in [-0.15, -0.1) is 10.2 Å². The molecule has 0 bridgehead atoms. The lowest BCUT2D eigenvalue weighted by Crippen LogP contribution is -2.68. The Balaban J connectivity index is 0.000000682. The van der Waals surface area contributed by atoms with E-state index >= 15 is 0 Å². The van der Waals surface area contributed by atoms with Crippen molar-refractivity contribution in [1.82, 2.24) is 9.97 Å². The summed E-state index contributed by atoms with van der Waals surface area (Å²) >= 11 is 1.11. The molecule has 0 saturated carbocycles. The zero-order valence-corrected chi connectivity index (χ0v) is 24.9. The van der Waals surface area contributed by atoms with Crippen molar-refractivity contribution in [1.29, 1.82) is 0 Å². The van der Waals surface area contributed by atoms with E-state index in [0.29, 0.717) is 10.8 Å². The number of halogens is 1. The second-order valence-electron chi connectivity index (χ2n) is 9.03. The Bertz CT molecular complexity index is 1650. The van der Waals surface area contributed by atoms with E-state index in [0.717, 1.165) is 28.6 Å². The van der Waals surface area contributed by atoms with Gasteiger partial charge < -0.3 is 9.40 Å². The maximum Gasteiger partial charge on any atom is 0.260 e. The smallest absolute Gasteiger partial charge is 0.260 e. The van der Waals surface area contributed by atoms with Crippen LogP contribution in [0.15, 0.2) is 149 Å². The van der Waals surface area contributed by atoms with Crippen molar-refractivity contribution in [3.05, 3.63) is 145 Å². The lowest BCUT2D eigenvalue weighted by atomic mass is 10.2. The van der Waals surface area contributed by atoms with Gasteiger partial charge in [-0.3, -0.25) is 4.79 Å². The molecule has 0 aliphatic rings. The highest BCUT2D eigenvalue weighted by atomic mass is 35.7. The predicted octanol–water partition coefficient (Wildman–Crippen LogP) is 1.47. The van der Waals surface area contributed by atoms with Crippen molar-refractivity contribution < 1.29 is 38.1 Å². The molecule has 0 atom stereocenters. The van der Waals surface area contributed by atoms with E-state index in [4.69, 9.17) is 28.0 Å². The molecule has 11 heteroatoms. The maximum atomic E-state index is 13.3. The standard InChI is InChI=1S/C32H24N2O2PS.ClHO4/c35-32(28-22-13-23-36-28)38-31-30(33-29(34-31)24-14-5-1-6-15-24)37(25-16-7-2-8-17-25,26-18-9-3-10-19-26)27-20-11-4-12-21-27;2-1(3,4)5/h1-23H,(H,33,34);(H,2,3,4,5)/q+1;/p-1. The van der Waals surface area contributed by atoms with E-state index < -0.39 is 17.5 Å². The first-order valence-corrected chi connectivity index (χ1v) is 16.7. The lowest BCUT2D eigenvalue weighted by Gasteiger charge is -2.26. The fraction of sp³-hybridized carbons (Fsp3) is 0. The number of imidazole rings is 1. The van der Waals surface area contributed by atoms with Gasteiger partial charge in [-0.05, 0) is 60.3 Å². The predicted molar refractivity (Wildman–Crippen MR) is 158 cm³/mol. The molecule has 0 spiro atoms. The fourth-order valence-corrected chi connectivity index (χ4v) is 10.1. The monoisotopic (exact) mass is 630 g/mol. The number of hydrogen-bond donors (Lipinski definition) is 1. The molecule has 0 amide bonds. The molecule has 2 heterocycles. The van der Waals surface area contributed by atoms with Crippen LogP contribution in [0.4, 0.5) is 0 Å². The number of nitrogens with zero attached hydrogens (tertiary/aromatic N) is 1. The van der Waals surface area contributed by atoms with E-state index in [2.05, 4.69) is 77.8 Å². The van der Waals surface area contributed by atoms with Crippen LogP contribution in [0.1, 0.15) is 10.6 Å². The number of carbonyl (C=O) groups is 1. The summed E-state index contributed by atoms with van der Waals surface area (Å²) in [5.41, 5.74) is 1.89. The number of rotatable bonds is 7. The second kappa shape index (κ2) is 13.5. The first-order chi connectivity index (χ1) is 20.8. The van der Waals surface area contributed by atoms with E-state index in [9.17, 15) is 4.79 Å². The molecule has 2 aromatic heterocycles. The first-order valence-electron chi connectivity index (χ1n) is 12.9. The zero-order chi connectivity index (χ0) is 30.3. The van der Waals surface area contributed by atoms with Gasteiger partial charge in [0.25, 0.3) is 5.12 Å². The minimum Gasteiger partial charge on any atom is -0.460 e. The average Bonchev–Trinajstić information content (AvgIpc) is 3.71. The summed E-state index contributed by atoms with van der Waals surface area (Å²) in [6.07, 6.45) is 1.52. The molecule has 0 unspecified atom stereocenters. The van der Waals surface area contributed by atoms with Crippen LogP contribution in [0, 0.1) is 10.2 Å². The quantitative estimate of drug-likeness (QED) is 0.206. The van der Waals surface area contributed by atoms with Crippen LogP contribution in [0.25, 0.3) is 11.4 Å². The van der Waals surface area contributed by atoms with Gasteiger partial charge in [-0.1, -0.05) is 84.9 Å². The highest BCUT2D eigenvalue weighted by Gasteiger charge is 2.52. The Hall–Kier alpha value is -4.05. The molecule has 4 aromatic carbocycles. The number of benzene rings is 4. The zero-order valence-electron chi connectivity index (χ0n) is 22.4. The lowest BCUT2D eigenvalue weighted by molar-refractivity contribution is -2.00. The first kappa shape index (κ1) is 30.4. The summed E-state index contributed by atoms with van der Waals surface area (Å²) in [4.78, 5) is 22.1. The van der Waals surface area contributed by atoms with Crippen LogP contribution in [0.3, 0.4) is 0 Å². The molecule has 0 fully saturated rings. The molecule has 8 nitrogen and oxygen atoms in total. The topological polar surface area (TPSA) is 151 Å². The fourth-order valence-electron chi connectivity index (χ4n) is 4.70. The summed E-state index contributed by atoms with van der Waals surface area (Å²) in [7, 11) is -7.44. The Morgan fingerprint density at radius 2 is 1.12 bits per heavy atom. The van der Waals surface area contributed by atoms with Gasteiger partial charge in [0.2, 0.25) is 5.44 Å². The molecule has 216 valence electrons. The number of nitrogens with one attached hydrogen (secondary N) is 1. The minimum atomic E-state index is -4.94. The van der Waals surface area contributed by atoms with Crippen LogP contribution in [0.2, 0.25) is 0 Å². The molecular weight excluding hydrogens is 607 g/mol. The van der Waals surface area contributed by atoms with Crippen LogP contribution in [-0.2, 0) is 0 Å². The summed E-state index contributed by atoms with van der Waals surface area (Å²) in [6.45, 7) is 0. The number of H-pyrrole nitrogens is 1. The minimum absolute atomic E-state index is 0.186. The summed E-state index contributed by atoms with van der Waals surface area (Å²) in [5, 5.41) is 3.98. The van der Waals surface area contributed by atoms with Gasteiger partial charge in [0, 0.05) is 5.56 Å². The van der Waals surface area contributed by atoms with Crippen LogP contribution < -0.4 is 40.0 Å². The van der Waals surface area contributed by atoms with Crippen LogP contribution in [-0.4, -0.2) is 15.1 Å². The van der Waals surface area contributed by atoms with Crippen molar-refractivity contribution in [3.8, 4) is 11.4 Å². The van der Waals surface area contributed by atoms with Gasteiger partial charge in [0.15, 0.2) is 18.0 Å². The molecule has 6 rings (SSSR count). The third-order valence-corrected chi connectivity index (χ3v) is 11.6. The molecule has 43 heavy (non-hydrogen) atoms. The van der Waals surface area contributed by atoms with Crippen molar-refractivity contribution in [2.24, 2.45) is 0 Å². The van der Waals surface area contributed by atoms with Gasteiger partial charge in [-0.2, -0.15) is 0 Å². The number of furan rings is 1. The summed E-state index contributed by atoms with van der Waals surface area (Å²) < 4.78 is 39.4. The van der Waals surface area contributed by atoms with Crippen LogP contribution >= 0.6 is 19.0 Å². The van der Waals surface area contributed by atoms with Gasteiger partial charge in [0.05, 0.1) is 6.26 Å². The normalized spacial score (nSPS) is 11.4. The molecular formula is C32H24ClN2O6PS. The Morgan fingerprint density at radius 1 is 0.674 bits per heavy atom. The highest BCUT2D eigenvalue weighted by Crippen LogP contribution is 2.55. The highest BCUT2D eigenvalue weighted by molar-refractivity contribution is 8.15. The number of aromatic nitrogens is 2. The Kier molecular flexibility index (Phi) is 9.55. The van der Waals surface area contributed by atoms with Gasteiger partial charge in [0.1, 0.15) is 21.7 Å². The van der Waals surface area contributed by atoms with E-state index in [1.165, 1.54) is 22.2 Å². The summed E-state index contributed by atoms with van der Waals surface area (Å²) in [5.74, 6) is 1.02. The van der Waals surface area contributed by atoms with E-state index in [1.54, 1.807) is 12.1 Å². The van der Waals surface area contributed by atoms with Crippen molar-refractivity contribution >= 4 is 45.5 Å². The molecule has 6 aromatic rings. The third kappa shape index (κ3) is 7.13. The number of aromatic amines is 1. The van der Waals surface area contributed by atoms with Gasteiger partial charge in [-0.25, -0.2) is 23.6 Å². The summed E-state index contributed by atoms with van der Waals surface area (Å²) in [6, 6.07) is 45.1. The molecule has 1 N–H and O–H groups in total. The molecule has 0 aliphatic heterocycles. The molecule has 0 radical (unpaired) electrons. The average molecular weight is 631 g/mol. The van der Waals surface area contributed by atoms with E-state index in [-0.39, 0.29) is 5.12 Å². The van der Waals surface area contributed by atoms with E-state index in [1.807, 2.05) is 48.5 Å². The van der Waals surface area contributed by atoms with Gasteiger partial charge >= 0.3 is 0 Å². The van der Waals surface area contributed by atoms with Crippen molar-refractivity contribution in [2.45, 2.75) is 5.03 Å². The number of thioether (sulfide) groups is 1. The maximum absolute atomic E-state index is 13.3. The third-order valence-electron chi connectivity index (χ3n) is 6.38. The Morgan fingerprint density at radius 3 is 1.53 bits per heavy atom. The molecule has 0 aliphatic carbocycles. The number of carbonyl (C=O) groups excluding carboxylic acids is 1. The molecule has 0 saturated heterocycles. The van der Waals surface area contributed by atoms with Crippen molar-refractivity contribution in [3.63, 3.8) is 0 Å². The Labute approximate surface area is 254 Å². The number of hydrogen-bond acceptors (Lipinski definition) is 8. The van der Waals surface area contributed by atoms with Crippen LogP contribution in [0.5, 0.6) is 0 Å². The van der Waals surface area contributed by atoms with Crippen molar-refractivity contribution in [2.75, 3.05) is 0 Å².